The molecule has 4 fully saturated rings. The number of urea groups is 1. The summed E-state index contributed by atoms with van der Waals surface area (Å²) in [5.74, 6) is 3.27. The van der Waals surface area contributed by atoms with Gasteiger partial charge in [0.15, 0.2) is 5.69 Å². The fourth-order valence-electron chi connectivity index (χ4n) is 5.93. The Morgan fingerprint density at radius 2 is 2.03 bits per heavy atom. The van der Waals surface area contributed by atoms with Gasteiger partial charge in [-0.1, -0.05) is 0 Å². The highest BCUT2D eigenvalue weighted by Crippen LogP contribution is 2.47. The van der Waals surface area contributed by atoms with Gasteiger partial charge in [-0.2, -0.15) is 16.9 Å². The highest BCUT2D eigenvalue weighted by atomic mass is 32.2. The van der Waals surface area contributed by atoms with Crippen LogP contribution < -0.4 is 11.1 Å². The summed E-state index contributed by atoms with van der Waals surface area (Å²) in [5, 5.41) is 9.92. The molecule has 30 heavy (non-hydrogen) atoms. The lowest BCUT2D eigenvalue weighted by Gasteiger charge is -2.52. The van der Waals surface area contributed by atoms with Crippen molar-refractivity contribution < 1.29 is 14.4 Å². The first-order chi connectivity index (χ1) is 14.5. The van der Waals surface area contributed by atoms with E-state index in [-0.39, 0.29) is 30.8 Å². The van der Waals surface area contributed by atoms with E-state index in [1.165, 1.54) is 0 Å². The zero-order valence-electron chi connectivity index (χ0n) is 16.9. The Kier molecular flexibility index (Phi) is 5.12. The van der Waals surface area contributed by atoms with E-state index < -0.39 is 6.03 Å². The van der Waals surface area contributed by atoms with Gasteiger partial charge < -0.3 is 20.9 Å². The number of amides is 4. The van der Waals surface area contributed by atoms with Crippen LogP contribution in [0.2, 0.25) is 0 Å². The van der Waals surface area contributed by atoms with Gasteiger partial charge in [0.2, 0.25) is 5.91 Å². The van der Waals surface area contributed by atoms with Gasteiger partial charge in [0.05, 0.1) is 0 Å². The van der Waals surface area contributed by atoms with Gasteiger partial charge in [-0.05, 0) is 36.9 Å². The lowest BCUT2D eigenvalue weighted by atomic mass is 9.66. The summed E-state index contributed by atoms with van der Waals surface area (Å²) in [5.41, 5.74) is 7.88. The van der Waals surface area contributed by atoms with E-state index >= 15 is 0 Å². The van der Waals surface area contributed by atoms with E-state index in [0.29, 0.717) is 30.0 Å². The third-order valence-corrected chi connectivity index (χ3v) is 8.31. The molecular formula is C20H28N6O3S. The van der Waals surface area contributed by atoms with Crippen LogP contribution in [-0.2, 0) is 17.0 Å². The Bertz CT molecular complexity index is 873. The number of nitrogens with one attached hydrogen (secondary N) is 2. The monoisotopic (exact) mass is 432 g/mol. The quantitative estimate of drug-likeness (QED) is 0.641. The summed E-state index contributed by atoms with van der Waals surface area (Å²) in [7, 11) is 0. The number of nitrogens with zero attached hydrogens (tertiary/aromatic N) is 3. The fourth-order valence-corrected chi connectivity index (χ4v) is 6.86. The predicted molar refractivity (Wildman–Crippen MR) is 112 cm³/mol. The summed E-state index contributed by atoms with van der Waals surface area (Å²) >= 11 is 1.87. The van der Waals surface area contributed by atoms with Crippen molar-refractivity contribution in [3.8, 4) is 0 Å². The van der Waals surface area contributed by atoms with Gasteiger partial charge >= 0.3 is 6.03 Å². The van der Waals surface area contributed by atoms with Crippen LogP contribution in [0.15, 0.2) is 0 Å². The van der Waals surface area contributed by atoms with Crippen LogP contribution in [0.1, 0.15) is 41.0 Å². The first-order valence-electron chi connectivity index (χ1n) is 10.8. The molecule has 4 atom stereocenters. The normalized spacial score (nSPS) is 29.5. The van der Waals surface area contributed by atoms with Gasteiger partial charge in [-0.15, -0.1) is 0 Å². The van der Waals surface area contributed by atoms with Crippen LogP contribution in [-0.4, -0.2) is 75.8 Å². The summed E-state index contributed by atoms with van der Waals surface area (Å²) in [6.07, 6.45) is 3.28. The van der Waals surface area contributed by atoms with Crippen molar-refractivity contribution >= 4 is 29.6 Å². The molecule has 1 saturated carbocycles. The highest BCUT2D eigenvalue weighted by Gasteiger charge is 2.53. The fraction of sp³-hybridized carbons (Fsp3) is 0.700. The molecule has 4 unspecified atom stereocenters. The zero-order valence-corrected chi connectivity index (χ0v) is 17.7. The van der Waals surface area contributed by atoms with Crippen LogP contribution in [0.5, 0.6) is 0 Å². The second-order valence-electron chi connectivity index (χ2n) is 8.86. The first-order valence-corrected chi connectivity index (χ1v) is 11.9. The molecule has 3 saturated heterocycles. The topological polar surface area (TPSA) is 124 Å². The molecule has 0 aromatic carbocycles. The standard InChI is InChI=1S/C20H28N6O3S/c21-20(29)22-5-3-17(27)26-7-11-1-2-16(26)14-9-25(8-13(11)14)19(28)18-12-4-6-30-10-15(12)23-24-18/h11,13-14,16H,1-10H2,(H,23,24)(H3,21,22,29). The number of fused-ring (bicyclic) bond motifs is 3. The van der Waals surface area contributed by atoms with Crippen molar-refractivity contribution in [1.82, 2.24) is 25.3 Å². The number of rotatable bonds is 4. The highest BCUT2D eigenvalue weighted by molar-refractivity contribution is 7.98. The van der Waals surface area contributed by atoms with Crippen molar-refractivity contribution in [2.45, 2.75) is 37.5 Å². The van der Waals surface area contributed by atoms with E-state index in [4.69, 9.17) is 5.73 Å². The number of primary amides is 1. The van der Waals surface area contributed by atoms with Crippen molar-refractivity contribution in [2.75, 3.05) is 31.9 Å². The number of carbonyl (C=O) groups excluding carboxylic acids is 3. The number of nitrogens with two attached hydrogens (primary N) is 1. The largest absolute Gasteiger partial charge is 0.352 e. The molecule has 9 nitrogen and oxygen atoms in total. The molecular weight excluding hydrogens is 404 g/mol. The summed E-state index contributed by atoms with van der Waals surface area (Å²) in [4.78, 5) is 40.9. The third-order valence-electron chi connectivity index (χ3n) is 7.32. The maximum Gasteiger partial charge on any atom is 0.312 e. The molecule has 10 heteroatoms. The van der Waals surface area contributed by atoms with E-state index in [0.717, 1.165) is 55.1 Å². The van der Waals surface area contributed by atoms with Crippen molar-refractivity contribution in [3.05, 3.63) is 17.0 Å². The van der Waals surface area contributed by atoms with E-state index in [1.807, 2.05) is 21.6 Å². The number of aromatic amines is 1. The van der Waals surface area contributed by atoms with Gasteiger partial charge in [-0.25, -0.2) is 4.79 Å². The van der Waals surface area contributed by atoms with E-state index in [9.17, 15) is 14.4 Å². The number of thioether (sulfide) groups is 1. The maximum atomic E-state index is 13.3. The summed E-state index contributed by atoms with van der Waals surface area (Å²) < 4.78 is 0. The molecule has 5 aliphatic rings. The molecule has 1 aromatic rings. The maximum absolute atomic E-state index is 13.3. The number of aromatic nitrogens is 2. The van der Waals surface area contributed by atoms with Crippen LogP contribution in [0, 0.1) is 17.8 Å². The lowest BCUT2D eigenvalue weighted by molar-refractivity contribution is -0.143. The molecule has 162 valence electrons. The summed E-state index contributed by atoms with van der Waals surface area (Å²) in [6.45, 7) is 2.50. The second kappa shape index (κ2) is 7.79. The van der Waals surface area contributed by atoms with Gasteiger partial charge in [0.1, 0.15) is 0 Å². The second-order valence-corrected chi connectivity index (χ2v) is 9.97. The number of hydrogen-bond acceptors (Lipinski definition) is 5. The molecule has 6 rings (SSSR count). The van der Waals surface area contributed by atoms with Crippen molar-refractivity contribution in [3.63, 3.8) is 0 Å². The average Bonchev–Trinajstić information content (AvgIpc) is 3.39. The van der Waals surface area contributed by atoms with Crippen molar-refractivity contribution in [1.29, 1.82) is 0 Å². The Balaban J connectivity index is 1.27. The van der Waals surface area contributed by atoms with Crippen LogP contribution in [0.25, 0.3) is 0 Å². The zero-order chi connectivity index (χ0) is 20.8. The first kappa shape index (κ1) is 19.7. The molecule has 2 bridgehead atoms. The van der Waals surface area contributed by atoms with Crippen LogP contribution in [0.4, 0.5) is 4.79 Å². The van der Waals surface area contributed by atoms with E-state index in [2.05, 4.69) is 15.5 Å². The Morgan fingerprint density at radius 1 is 1.20 bits per heavy atom. The SMILES string of the molecule is NC(=O)NCCC(=O)N1CC2CCC1C1CN(C(=O)c3n[nH]c4c3CCSC4)CC21. The third kappa shape index (κ3) is 3.34. The lowest BCUT2D eigenvalue weighted by Crippen LogP contribution is -2.59. The average molecular weight is 433 g/mol. The minimum atomic E-state index is -0.605. The minimum Gasteiger partial charge on any atom is -0.352 e. The summed E-state index contributed by atoms with van der Waals surface area (Å²) in [6, 6.07) is -0.421. The van der Waals surface area contributed by atoms with Crippen LogP contribution in [0.3, 0.4) is 0 Å². The van der Waals surface area contributed by atoms with Crippen LogP contribution >= 0.6 is 11.8 Å². The number of carbonyl (C=O) groups is 3. The number of hydrogen-bond donors (Lipinski definition) is 3. The Morgan fingerprint density at radius 3 is 2.87 bits per heavy atom. The number of piperidine rings is 2. The van der Waals surface area contributed by atoms with Gasteiger partial charge in [0, 0.05) is 61.6 Å². The smallest absolute Gasteiger partial charge is 0.312 e. The van der Waals surface area contributed by atoms with E-state index in [1.54, 1.807) is 0 Å². The predicted octanol–water partition coefficient (Wildman–Crippen LogP) is 0.566. The van der Waals surface area contributed by atoms with Crippen molar-refractivity contribution in [2.24, 2.45) is 23.5 Å². The molecule has 4 amide bonds. The Labute approximate surface area is 179 Å². The molecule has 0 spiro atoms. The number of likely N-dealkylation sites (tertiary alicyclic amines) is 1. The number of H-pyrrole nitrogens is 1. The van der Waals surface area contributed by atoms with Gasteiger partial charge in [0.25, 0.3) is 5.91 Å². The molecule has 4 N–H and O–H groups in total. The Hall–Kier alpha value is -2.23. The minimum absolute atomic E-state index is 0.0386. The molecule has 0 radical (unpaired) electrons. The molecule has 4 aliphatic heterocycles. The van der Waals surface area contributed by atoms with Gasteiger partial charge in [-0.3, -0.25) is 14.7 Å². The molecule has 5 heterocycles. The molecule has 1 aromatic heterocycles. The molecule has 1 aliphatic carbocycles.